The van der Waals surface area contributed by atoms with E-state index in [0.29, 0.717) is 0 Å². The number of ether oxygens (including phenoxy) is 1. The van der Waals surface area contributed by atoms with Crippen molar-refractivity contribution in [3.63, 3.8) is 0 Å². The molecule has 0 aliphatic rings. The van der Waals surface area contributed by atoms with Crippen molar-refractivity contribution >= 4 is 29.2 Å². The van der Waals surface area contributed by atoms with Gasteiger partial charge in [0.1, 0.15) is 12.3 Å². The van der Waals surface area contributed by atoms with Gasteiger partial charge in [-0.1, -0.05) is 0 Å². The smallest absolute Gasteiger partial charge is 0.407 e. The number of nitro groups is 1. The van der Waals surface area contributed by atoms with Gasteiger partial charge in [-0.2, -0.15) is 4.98 Å². The topological polar surface area (TPSA) is 119 Å². The molecule has 0 aromatic carbocycles. The molecule has 1 aromatic heterocycles. The van der Waals surface area contributed by atoms with Crippen LogP contribution < -0.4 is 10.6 Å². The molecule has 1 atom stereocenters. The fourth-order valence-corrected chi connectivity index (χ4v) is 1.55. The Morgan fingerprint density at radius 1 is 1.55 bits per heavy atom. The molecule has 1 amide bonds. The van der Waals surface area contributed by atoms with Gasteiger partial charge in [-0.15, -0.1) is 0 Å². The minimum absolute atomic E-state index is 0.0309. The van der Waals surface area contributed by atoms with Gasteiger partial charge in [0.15, 0.2) is 0 Å². The van der Waals surface area contributed by atoms with Crippen LogP contribution >= 0.6 is 11.6 Å². The highest BCUT2D eigenvalue weighted by Gasteiger charge is 2.20. The fraction of sp³-hybridized carbons (Fsp3) is 0.583. The molecule has 1 unspecified atom stereocenters. The molecule has 0 saturated carbocycles. The van der Waals surface area contributed by atoms with Crippen molar-refractivity contribution in [1.29, 1.82) is 0 Å². The molecule has 0 bridgehead atoms. The molecule has 0 spiro atoms. The lowest BCUT2D eigenvalue weighted by atomic mass is 10.1. The Kier molecular flexibility index (Phi) is 5.86. The number of carbonyl (C=O) groups is 1. The third-order valence-electron chi connectivity index (χ3n) is 2.28. The minimum atomic E-state index is -0.628. The molecule has 122 valence electrons. The van der Waals surface area contributed by atoms with Crippen LogP contribution in [0.5, 0.6) is 0 Å². The van der Waals surface area contributed by atoms with Gasteiger partial charge in [-0.25, -0.2) is 9.78 Å². The van der Waals surface area contributed by atoms with Crippen LogP contribution in [0, 0.1) is 10.1 Å². The van der Waals surface area contributed by atoms with Crippen molar-refractivity contribution in [2.75, 3.05) is 11.9 Å². The number of nitrogens with one attached hydrogen (secondary N) is 2. The molecule has 0 aliphatic carbocycles. The number of carbonyl (C=O) groups excluding carboxylic acids is 1. The summed E-state index contributed by atoms with van der Waals surface area (Å²) in [6.45, 7) is 7.24. The lowest BCUT2D eigenvalue weighted by molar-refractivity contribution is -0.384. The molecule has 10 heteroatoms. The summed E-state index contributed by atoms with van der Waals surface area (Å²) >= 11 is 5.61. The lowest BCUT2D eigenvalue weighted by Crippen LogP contribution is -2.42. The normalized spacial score (nSPS) is 12.4. The van der Waals surface area contributed by atoms with Crippen LogP contribution in [0.1, 0.15) is 27.7 Å². The van der Waals surface area contributed by atoms with Crippen LogP contribution in [0.25, 0.3) is 0 Å². The van der Waals surface area contributed by atoms with E-state index in [-0.39, 0.29) is 23.3 Å². The van der Waals surface area contributed by atoms with Gasteiger partial charge in [-0.05, 0) is 39.3 Å². The molecule has 1 heterocycles. The average Bonchev–Trinajstić information content (AvgIpc) is 2.33. The number of alkyl carbamates (subject to hydrolysis) is 1. The van der Waals surface area contributed by atoms with E-state index in [1.165, 1.54) is 0 Å². The van der Waals surface area contributed by atoms with Gasteiger partial charge in [-0.3, -0.25) is 10.1 Å². The molecule has 9 nitrogen and oxygen atoms in total. The van der Waals surface area contributed by atoms with Crippen LogP contribution in [-0.2, 0) is 4.74 Å². The Hall–Kier alpha value is -2.16. The van der Waals surface area contributed by atoms with Crippen LogP contribution in [-0.4, -0.2) is 39.2 Å². The maximum atomic E-state index is 11.6. The van der Waals surface area contributed by atoms with Gasteiger partial charge in [0.05, 0.1) is 11.5 Å². The second kappa shape index (κ2) is 7.21. The summed E-state index contributed by atoms with van der Waals surface area (Å²) in [5, 5.41) is 16.1. The van der Waals surface area contributed by atoms with E-state index in [1.807, 2.05) is 20.8 Å². The molecule has 1 rings (SSSR count). The van der Waals surface area contributed by atoms with Gasteiger partial charge >= 0.3 is 11.8 Å². The first-order valence-corrected chi connectivity index (χ1v) is 6.86. The number of hydrogen-bond acceptors (Lipinski definition) is 7. The first-order valence-electron chi connectivity index (χ1n) is 6.48. The predicted molar refractivity (Wildman–Crippen MR) is 81.0 cm³/mol. The van der Waals surface area contributed by atoms with Crippen molar-refractivity contribution in [2.45, 2.75) is 39.3 Å². The Bertz CT molecular complexity index is 561. The van der Waals surface area contributed by atoms with Crippen LogP contribution in [0.15, 0.2) is 6.20 Å². The van der Waals surface area contributed by atoms with E-state index in [2.05, 4.69) is 20.6 Å². The molecule has 0 aliphatic heterocycles. The number of anilines is 1. The molecule has 1 aromatic rings. The van der Waals surface area contributed by atoms with E-state index in [9.17, 15) is 14.9 Å². The van der Waals surface area contributed by atoms with Crippen LogP contribution in [0.3, 0.4) is 0 Å². The zero-order chi connectivity index (χ0) is 16.9. The zero-order valence-corrected chi connectivity index (χ0v) is 13.5. The summed E-state index contributed by atoms with van der Waals surface area (Å²) in [5.41, 5.74) is -0.723. The fourth-order valence-electron chi connectivity index (χ4n) is 1.42. The van der Waals surface area contributed by atoms with E-state index in [1.54, 1.807) is 6.92 Å². The van der Waals surface area contributed by atoms with Crippen molar-refractivity contribution in [2.24, 2.45) is 0 Å². The predicted octanol–water partition coefficient (Wildman–Crippen LogP) is 2.36. The van der Waals surface area contributed by atoms with E-state index in [0.717, 1.165) is 6.20 Å². The van der Waals surface area contributed by atoms with Crippen molar-refractivity contribution < 1.29 is 14.5 Å². The summed E-state index contributed by atoms with van der Waals surface area (Å²) in [6.07, 6.45) is -0.0945. The zero-order valence-electron chi connectivity index (χ0n) is 12.7. The van der Waals surface area contributed by atoms with Gasteiger partial charge in [0.25, 0.3) is 0 Å². The van der Waals surface area contributed by atoms with Crippen molar-refractivity contribution in [3.8, 4) is 0 Å². The number of rotatable bonds is 5. The number of amides is 1. The minimum Gasteiger partial charge on any atom is -0.445 e. The van der Waals surface area contributed by atoms with Gasteiger partial charge < -0.3 is 15.4 Å². The molecule has 0 radical (unpaired) electrons. The lowest BCUT2D eigenvalue weighted by Gasteiger charge is -2.22. The largest absolute Gasteiger partial charge is 0.445 e. The number of hydrogen-bond donors (Lipinski definition) is 2. The SMILES string of the molecule is CC(CNc1nc(Cl)ncc1[N+](=O)[O-])OC(=O)NC(C)(C)C. The third-order valence-corrected chi connectivity index (χ3v) is 2.46. The summed E-state index contributed by atoms with van der Waals surface area (Å²) in [4.78, 5) is 29.1. The number of nitrogens with zero attached hydrogens (tertiary/aromatic N) is 3. The number of aromatic nitrogens is 2. The highest BCUT2D eigenvalue weighted by atomic mass is 35.5. The van der Waals surface area contributed by atoms with Crippen LogP contribution in [0.4, 0.5) is 16.3 Å². The monoisotopic (exact) mass is 331 g/mol. The highest BCUT2D eigenvalue weighted by molar-refractivity contribution is 6.28. The average molecular weight is 332 g/mol. The highest BCUT2D eigenvalue weighted by Crippen LogP contribution is 2.21. The first-order chi connectivity index (χ1) is 10.1. The summed E-state index contributed by atoms with van der Waals surface area (Å²) in [7, 11) is 0. The maximum absolute atomic E-state index is 11.6. The molecule has 0 saturated heterocycles. The van der Waals surface area contributed by atoms with Gasteiger partial charge in [0, 0.05) is 5.54 Å². The quantitative estimate of drug-likeness (QED) is 0.482. The van der Waals surface area contributed by atoms with E-state index >= 15 is 0 Å². The standard InChI is InChI=1S/C12H18ClN5O4/c1-7(22-11(19)17-12(2,3)4)5-14-9-8(18(20)21)6-15-10(13)16-9/h6-7H,5H2,1-4H3,(H,17,19)(H,14,15,16). The van der Waals surface area contributed by atoms with Gasteiger partial charge in [0.2, 0.25) is 11.1 Å². The molecule has 0 fully saturated rings. The second-order valence-corrected chi connectivity index (χ2v) is 5.94. The number of halogens is 1. The maximum Gasteiger partial charge on any atom is 0.407 e. The Morgan fingerprint density at radius 3 is 2.73 bits per heavy atom. The Labute approximate surface area is 132 Å². The molecular formula is C12H18ClN5O4. The summed E-state index contributed by atoms with van der Waals surface area (Å²) in [6, 6.07) is 0. The Balaban J connectivity index is 2.61. The van der Waals surface area contributed by atoms with Crippen molar-refractivity contribution in [3.05, 3.63) is 21.6 Å². The first kappa shape index (κ1) is 17.9. The van der Waals surface area contributed by atoms with E-state index < -0.39 is 22.7 Å². The van der Waals surface area contributed by atoms with Crippen LogP contribution in [0.2, 0.25) is 5.28 Å². The summed E-state index contributed by atoms with van der Waals surface area (Å²) in [5.74, 6) is -0.0309. The van der Waals surface area contributed by atoms with Crippen molar-refractivity contribution in [1.82, 2.24) is 15.3 Å². The molecular weight excluding hydrogens is 314 g/mol. The molecule has 22 heavy (non-hydrogen) atoms. The third kappa shape index (κ3) is 6.08. The summed E-state index contributed by atoms with van der Waals surface area (Å²) < 4.78 is 5.12. The Morgan fingerprint density at radius 2 is 2.18 bits per heavy atom. The second-order valence-electron chi connectivity index (χ2n) is 5.60. The van der Waals surface area contributed by atoms with E-state index in [4.69, 9.17) is 16.3 Å². The molecule has 2 N–H and O–H groups in total.